The molecule has 4 atom stereocenters. The van der Waals surface area contributed by atoms with Gasteiger partial charge >= 0.3 is 7.32 Å². The zero-order chi connectivity index (χ0) is 3.58. The topological polar surface area (TPSA) is 60.7 Å². The molecule has 0 aromatic rings. The van der Waals surface area contributed by atoms with Gasteiger partial charge in [-0.2, -0.15) is 39.6 Å². The molecule has 56 valence electrons. The molecular formula is H15BO3P4. The van der Waals surface area contributed by atoms with E-state index in [9.17, 15) is 0 Å². The number of hydrogen-bond donors (Lipinski definition) is 3. The number of rotatable bonds is 0. The highest BCUT2D eigenvalue weighted by atomic mass is 31.0. The van der Waals surface area contributed by atoms with Gasteiger partial charge in [0.25, 0.3) is 0 Å². The van der Waals surface area contributed by atoms with Gasteiger partial charge in [0, 0.05) is 0 Å². The Morgan fingerprint density at radius 2 is 0.625 bits per heavy atom. The minimum atomic E-state index is -2.17. The minimum Gasteiger partial charge on any atom is -0.402 e. The van der Waals surface area contributed by atoms with Gasteiger partial charge in [0.05, 0.1) is 0 Å². The van der Waals surface area contributed by atoms with E-state index in [1.165, 1.54) is 0 Å². The van der Waals surface area contributed by atoms with Crippen LogP contribution in [0.4, 0.5) is 0 Å². The van der Waals surface area contributed by atoms with Gasteiger partial charge in [-0.1, -0.05) is 0 Å². The molecule has 0 radical (unpaired) electrons. The average Bonchev–Trinajstić information content (AvgIpc) is 0.811. The van der Waals surface area contributed by atoms with E-state index in [0.717, 1.165) is 0 Å². The second kappa shape index (κ2) is 23.4. The van der Waals surface area contributed by atoms with Gasteiger partial charge in [-0.3, -0.25) is 0 Å². The van der Waals surface area contributed by atoms with E-state index in [2.05, 4.69) is 0 Å². The van der Waals surface area contributed by atoms with Crippen LogP contribution in [0.2, 0.25) is 0 Å². The van der Waals surface area contributed by atoms with Crippen LogP contribution in [0.3, 0.4) is 0 Å². The molecule has 0 aromatic carbocycles. The van der Waals surface area contributed by atoms with Crippen LogP contribution in [0.15, 0.2) is 0 Å². The predicted octanol–water partition coefficient (Wildman–Crippen LogP) is -1.82. The molecule has 0 aliphatic heterocycles. The van der Waals surface area contributed by atoms with Crippen molar-refractivity contribution in [2.75, 3.05) is 0 Å². The molecule has 0 aliphatic rings. The van der Waals surface area contributed by atoms with Crippen molar-refractivity contribution in [3.8, 4) is 0 Å². The smallest absolute Gasteiger partial charge is 0.402 e. The van der Waals surface area contributed by atoms with Crippen LogP contribution in [-0.2, 0) is 0 Å². The molecule has 4 unspecified atom stereocenters. The summed E-state index contributed by atoms with van der Waals surface area (Å²) in [6.45, 7) is 0. The van der Waals surface area contributed by atoms with Crippen LogP contribution in [0.1, 0.15) is 0 Å². The quantitative estimate of drug-likeness (QED) is 0.317. The van der Waals surface area contributed by atoms with Crippen LogP contribution in [-0.4, -0.2) is 22.4 Å². The second-order valence-electron chi connectivity index (χ2n) is 0.346. The Labute approximate surface area is 62.7 Å². The summed E-state index contributed by atoms with van der Waals surface area (Å²) in [5, 5.41) is 21.5. The standard InChI is InChI=1S/BH3O3.4H3P/c2-1(3)4;;;;/h2-4H;4*1H3. The maximum absolute atomic E-state index is 7.17. The Bertz CT molecular complexity index is 16.0. The first-order chi connectivity index (χ1) is 1.73. The third-order valence-corrected chi connectivity index (χ3v) is 0. The molecular weight excluding hydrogens is 183 g/mol. The van der Waals surface area contributed by atoms with Gasteiger partial charge in [-0.05, 0) is 0 Å². The summed E-state index contributed by atoms with van der Waals surface area (Å²) in [7, 11) is -2.17. The summed E-state index contributed by atoms with van der Waals surface area (Å²) in [5.41, 5.74) is 0. The lowest BCUT2D eigenvalue weighted by Gasteiger charge is -1.69. The molecule has 0 fully saturated rings. The fourth-order valence-corrected chi connectivity index (χ4v) is 0. The van der Waals surface area contributed by atoms with Crippen LogP contribution >= 0.6 is 39.6 Å². The lowest BCUT2D eigenvalue weighted by atomic mass is 10.3. The molecule has 0 saturated heterocycles. The van der Waals surface area contributed by atoms with E-state index in [1.807, 2.05) is 0 Å². The SMILES string of the molecule is OB(O)O.P.P.P.P. The Hall–Kier alpha value is 1.66. The summed E-state index contributed by atoms with van der Waals surface area (Å²) in [6, 6.07) is 0. The third kappa shape index (κ3) is 123. The highest BCUT2D eigenvalue weighted by Gasteiger charge is 1.92. The van der Waals surface area contributed by atoms with Crippen molar-refractivity contribution in [2.45, 2.75) is 0 Å². The number of hydrogen-bond acceptors (Lipinski definition) is 3. The summed E-state index contributed by atoms with van der Waals surface area (Å²) in [6.07, 6.45) is 0. The van der Waals surface area contributed by atoms with Gasteiger partial charge in [0.1, 0.15) is 0 Å². The highest BCUT2D eigenvalue weighted by molar-refractivity contribution is 6.92. The minimum absolute atomic E-state index is 0. The van der Waals surface area contributed by atoms with Crippen LogP contribution in [0.5, 0.6) is 0 Å². The third-order valence-electron chi connectivity index (χ3n) is 0. The van der Waals surface area contributed by atoms with Crippen molar-refractivity contribution in [3.63, 3.8) is 0 Å². The summed E-state index contributed by atoms with van der Waals surface area (Å²) >= 11 is 0. The predicted molar refractivity (Wildman–Crippen MR) is 56.8 cm³/mol. The molecule has 0 amide bonds. The Balaban J connectivity index is -0.00000000750. The largest absolute Gasteiger partial charge is 0.631 e. The fourth-order valence-electron chi connectivity index (χ4n) is 0. The van der Waals surface area contributed by atoms with Crippen LogP contribution in [0.25, 0.3) is 0 Å². The molecule has 0 heterocycles. The van der Waals surface area contributed by atoms with E-state index >= 15 is 0 Å². The Morgan fingerprint density at radius 1 is 0.625 bits per heavy atom. The lowest BCUT2D eigenvalue weighted by Crippen LogP contribution is -2.07. The Kier molecular flexibility index (Phi) is 97.5. The van der Waals surface area contributed by atoms with Gasteiger partial charge in [-0.25, -0.2) is 0 Å². The van der Waals surface area contributed by atoms with Gasteiger partial charge in [0.2, 0.25) is 0 Å². The maximum Gasteiger partial charge on any atom is 0.631 e. The monoisotopic (exact) mass is 198 g/mol. The van der Waals surface area contributed by atoms with Crippen molar-refractivity contribution < 1.29 is 15.1 Å². The van der Waals surface area contributed by atoms with E-state index in [-0.39, 0.29) is 39.6 Å². The van der Waals surface area contributed by atoms with Crippen molar-refractivity contribution in [1.29, 1.82) is 0 Å². The van der Waals surface area contributed by atoms with Gasteiger partial charge in [0.15, 0.2) is 0 Å². The normalized spacial score (nSPS) is 3.38. The van der Waals surface area contributed by atoms with Crippen LogP contribution < -0.4 is 0 Å². The molecule has 3 nitrogen and oxygen atoms in total. The van der Waals surface area contributed by atoms with Gasteiger partial charge < -0.3 is 15.1 Å². The summed E-state index contributed by atoms with van der Waals surface area (Å²) in [4.78, 5) is 0. The van der Waals surface area contributed by atoms with Crippen molar-refractivity contribution in [2.24, 2.45) is 0 Å². The first kappa shape index (κ1) is 33.3. The molecule has 3 N–H and O–H groups in total. The first-order valence-corrected chi connectivity index (χ1v) is 0.775. The average molecular weight is 198 g/mol. The molecule has 0 aliphatic carbocycles. The summed E-state index contributed by atoms with van der Waals surface area (Å²) in [5.74, 6) is 0. The fraction of sp³-hybridized carbons (Fsp3) is 0. The van der Waals surface area contributed by atoms with E-state index in [0.29, 0.717) is 0 Å². The van der Waals surface area contributed by atoms with Crippen LogP contribution in [0, 0.1) is 0 Å². The zero-order valence-electron chi connectivity index (χ0n) is 4.75. The van der Waals surface area contributed by atoms with E-state index < -0.39 is 7.32 Å². The molecule has 8 heteroatoms. The molecule has 8 heavy (non-hydrogen) atoms. The highest BCUT2D eigenvalue weighted by Crippen LogP contribution is 1.40. The summed E-state index contributed by atoms with van der Waals surface area (Å²) < 4.78 is 0. The first-order valence-electron chi connectivity index (χ1n) is 0.775. The maximum atomic E-state index is 7.17. The lowest BCUT2D eigenvalue weighted by molar-refractivity contribution is 0.278. The van der Waals surface area contributed by atoms with Crippen molar-refractivity contribution >= 4 is 46.9 Å². The van der Waals surface area contributed by atoms with E-state index in [4.69, 9.17) is 15.1 Å². The molecule has 0 saturated carbocycles. The molecule has 0 aromatic heterocycles. The van der Waals surface area contributed by atoms with Crippen molar-refractivity contribution in [3.05, 3.63) is 0 Å². The van der Waals surface area contributed by atoms with E-state index in [1.54, 1.807) is 0 Å². The molecule has 0 rings (SSSR count). The Morgan fingerprint density at radius 3 is 0.625 bits per heavy atom. The molecule has 0 spiro atoms. The van der Waals surface area contributed by atoms with Gasteiger partial charge in [-0.15, -0.1) is 0 Å². The second-order valence-corrected chi connectivity index (χ2v) is 0.346. The zero-order valence-corrected chi connectivity index (χ0v) is 10.4. The van der Waals surface area contributed by atoms with Crippen molar-refractivity contribution in [1.82, 2.24) is 0 Å². The molecule has 0 bridgehead atoms.